The zero-order valence-corrected chi connectivity index (χ0v) is 10.8. The summed E-state index contributed by atoms with van der Waals surface area (Å²) in [5, 5.41) is 0. The first-order valence-electron chi connectivity index (χ1n) is 1.53. The molecule has 4 N–H and O–H groups in total. The maximum Gasteiger partial charge on any atom is 2.00 e. The molecule has 0 unspecified atom stereocenters. The van der Waals surface area contributed by atoms with Crippen LogP contribution in [0.2, 0.25) is 0 Å². The topological polar surface area (TPSA) is 124 Å². The zero-order valence-electron chi connectivity index (χ0n) is 7.35. The van der Waals surface area contributed by atoms with E-state index >= 15 is 0 Å². The Labute approximate surface area is 108 Å². The molecule has 0 aromatic carbocycles. The molecule has 12 heavy (non-hydrogen) atoms. The van der Waals surface area contributed by atoms with Crippen LogP contribution in [0.15, 0.2) is 0 Å². The summed E-state index contributed by atoms with van der Waals surface area (Å²) in [6.07, 6.45) is 0. The molecule has 0 aliphatic heterocycles. The molecule has 1 radical (unpaired) electrons. The summed E-state index contributed by atoms with van der Waals surface area (Å²) >= 11 is 0. The van der Waals surface area contributed by atoms with E-state index in [1.165, 1.54) is 0 Å². The van der Waals surface area contributed by atoms with E-state index in [0.29, 0.717) is 0 Å². The number of rotatable bonds is 2. The predicted molar refractivity (Wildman–Crippen MR) is 33.2 cm³/mol. The maximum absolute atomic E-state index is 9.63. The first kappa shape index (κ1) is 23.7. The van der Waals surface area contributed by atoms with Gasteiger partial charge in [0, 0.05) is 34.1 Å². The van der Waals surface area contributed by atoms with E-state index in [0.717, 1.165) is 0 Å². The van der Waals surface area contributed by atoms with Gasteiger partial charge >= 0.3 is 38.7 Å². The van der Waals surface area contributed by atoms with Crippen molar-refractivity contribution in [3.8, 4) is 0 Å². The van der Waals surface area contributed by atoms with Gasteiger partial charge in [0.15, 0.2) is 0 Å². The molecule has 0 aliphatic rings. The smallest absolute Gasteiger partial charge is 1.00 e. The van der Waals surface area contributed by atoms with Crippen LogP contribution < -0.4 is 0 Å². The van der Waals surface area contributed by atoms with Gasteiger partial charge in [0.1, 0.15) is 0 Å². The fourth-order valence-electron chi connectivity index (χ4n) is 0.139. The molecule has 75 valence electrons. The van der Waals surface area contributed by atoms with E-state index in [1.54, 1.807) is 0 Å². The Morgan fingerprint density at radius 2 is 1.17 bits per heavy atom. The van der Waals surface area contributed by atoms with E-state index in [9.17, 15) is 9.13 Å². The molecule has 0 aromatic heterocycles. The Morgan fingerprint density at radius 3 is 1.17 bits per heavy atom. The Hall–Kier alpha value is 2.07. The van der Waals surface area contributed by atoms with Crippen LogP contribution in [-0.4, -0.2) is 42.6 Å². The van der Waals surface area contributed by atoms with Crippen molar-refractivity contribution >= 4 is 38.7 Å². The summed E-state index contributed by atoms with van der Waals surface area (Å²) in [6.45, 7) is 0. The minimum Gasteiger partial charge on any atom is -1.00 e. The second-order valence-electron chi connectivity index (χ2n) is 1.06. The van der Waals surface area contributed by atoms with Crippen molar-refractivity contribution in [3.05, 3.63) is 0 Å². The van der Waals surface area contributed by atoms with E-state index in [-0.39, 0.29) is 60.0 Å². The third-order valence-electron chi connectivity index (χ3n) is 0.213. The standard InChI is InChI=1S/Fe.Mg.Mn.H4O7P2.2H/c;;;1-8(2,3)7-9(4,5)6;;/h;;;(H2,1,2,3)(H2,4,5,6);;/q;+2;;;2*-1. The van der Waals surface area contributed by atoms with E-state index in [2.05, 4.69) is 4.31 Å². The summed E-state index contributed by atoms with van der Waals surface area (Å²) in [5.74, 6) is 0. The molecular weight excluding hydrogens is 309 g/mol. The minimum atomic E-state index is -5.05. The average Bonchev–Trinajstić information content (AvgIpc) is 1.14. The molecule has 0 bridgehead atoms. The zero-order chi connectivity index (χ0) is 7.71. The fraction of sp³-hybridized carbons (Fsp3) is 0. The quantitative estimate of drug-likeness (QED) is 0.382. The molecule has 12 heteroatoms. The molecule has 0 atom stereocenters. The van der Waals surface area contributed by atoms with Gasteiger partial charge in [0.25, 0.3) is 0 Å². The first-order chi connectivity index (χ1) is 3.71. The van der Waals surface area contributed by atoms with Gasteiger partial charge in [-0.1, -0.05) is 0 Å². The van der Waals surface area contributed by atoms with Crippen LogP contribution in [0.1, 0.15) is 2.85 Å². The largest absolute Gasteiger partial charge is 2.00 e. The van der Waals surface area contributed by atoms with Crippen LogP contribution in [0, 0.1) is 0 Å². The molecule has 0 aliphatic carbocycles. The average molecular weight is 315 g/mol. The van der Waals surface area contributed by atoms with Crippen molar-refractivity contribution < 1.29 is 70.0 Å². The van der Waals surface area contributed by atoms with Crippen molar-refractivity contribution in [2.24, 2.45) is 0 Å². The minimum absolute atomic E-state index is 0. The summed E-state index contributed by atoms with van der Waals surface area (Å²) in [7, 11) is -10.1. The monoisotopic (exact) mass is 315 g/mol. The van der Waals surface area contributed by atoms with Crippen molar-refractivity contribution in [1.82, 2.24) is 0 Å². The van der Waals surface area contributed by atoms with Gasteiger partial charge in [-0.25, -0.2) is 9.13 Å². The van der Waals surface area contributed by atoms with E-state index in [1.807, 2.05) is 0 Å². The van der Waals surface area contributed by atoms with Crippen LogP contribution >= 0.6 is 15.6 Å². The van der Waals surface area contributed by atoms with Crippen LogP contribution in [0.5, 0.6) is 0 Å². The summed E-state index contributed by atoms with van der Waals surface area (Å²) in [6, 6.07) is 0. The van der Waals surface area contributed by atoms with E-state index < -0.39 is 15.6 Å². The van der Waals surface area contributed by atoms with Gasteiger partial charge in [-0.05, 0) is 0 Å². The third-order valence-corrected chi connectivity index (χ3v) is 1.91. The summed E-state index contributed by atoms with van der Waals surface area (Å²) in [5.41, 5.74) is 0. The maximum atomic E-state index is 9.63. The Morgan fingerprint density at radius 1 is 1.00 bits per heavy atom. The van der Waals surface area contributed by atoms with Crippen molar-refractivity contribution in [3.63, 3.8) is 0 Å². The van der Waals surface area contributed by atoms with Crippen LogP contribution in [0.3, 0.4) is 0 Å². The molecule has 0 aromatic rings. The molecule has 7 nitrogen and oxygen atoms in total. The normalized spacial score (nSPS) is 10.3. The molecule has 0 saturated heterocycles. The number of hydrogen-bond donors (Lipinski definition) is 4. The Bertz CT molecular complexity index is 170. The van der Waals surface area contributed by atoms with Crippen LogP contribution in [-0.2, 0) is 47.6 Å². The molecule has 0 amide bonds. The Kier molecular flexibility index (Phi) is 16.5. The number of phosphoric acid groups is 2. The third kappa shape index (κ3) is 22.7. The molecule has 0 heterocycles. The predicted octanol–water partition coefficient (Wildman–Crippen LogP) is -0.972. The summed E-state index contributed by atoms with van der Waals surface area (Å²) in [4.78, 5) is 31.0. The molecular formula is H6FeMgMnO7P2. The molecule has 0 fully saturated rings. The van der Waals surface area contributed by atoms with Crippen molar-refractivity contribution in [2.45, 2.75) is 0 Å². The van der Waals surface area contributed by atoms with Gasteiger partial charge in [-0.15, -0.1) is 0 Å². The van der Waals surface area contributed by atoms with E-state index in [4.69, 9.17) is 19.6 Å². The summed E-state index contributed by atoms with van der Waals surface area (Å²) < 4.78 is 22.2. The van der Waals surface area contributed by atoms with Gasteiger partial charge in [-0.2, -0.15) is 4.31 Å². The van der Waals surface area contributed by atoms with Gasteiger partial charge in [-0.3, -0.25) is 0 Å². The second-order valence-corrected chi connectivity index (χ2v) is 3.68. The van der Waals surface area contributed by atoms with Gasteiger partial charge in [0.2, 0.25) is 0 Å². The van der Waals surface area contributed by atoms with Crippen LogP contribution in [0.4, 0.5) is 0 Å². The Balaban J connectivity index is -0.0000000320. The first-order valence-corrected chi connectivity index (χ1v) is 4.59. The number of hydrogen-bond acceptors (Lipinski definition) is 3. The second kappa shape index (κ2) is 8.38. The fourth-order valence-corrected chi connectivity index (χ4v) is 1.25. The molecule has 0 saturated carbocycles. The van der Waals surface area contributed by atoms with Gasteiger partial charge < -0.3 is 22.4 Å². The SMILES string of the molecule is O=P(O)(O)OP(=O)(O)O.[Fe].[H-].[H-].[Mg+2].[Mn]. The van der Waals surface area contributed by atoms with Crippen LogP contribution in [0.25, 0.3) is 0 Å². The molecule has 0 rings (SSSR count). The van der Waals surface area contributed by atoms with Crippen molar-refractivity contribution in [1.29, 1.82) is 0 Å². The molecule has 0 spiro atoms. The van der Waals surface area contributed by atoms with Gasteiger partial charge in [0.05, 0.1) is 0 Å². The van der Waals surface area contributed by atoms with Crippen molar-refractivity contribution in [2.75, 3.05) is 0 Å².